The number of rotatable bonds is 6. The fraction of sp³-hybridized carbons (Fsp3) is 0.0769. The number of hydrogen-bond acceptors (Lipinski definition) is 10. The summed E-state index contributed by atoms with van der Waals surface area (Å²) in [4.78, 5) is 19.4. The molecule has 0 saturated heterocycles. The van der Waals surface area contributed by atoms with Crippen molar-refractivity contribution in [1.29, 1.82) is 0 Å². The Labute approximate surface area is 273 Å². The summed E-state index contributed by atoms with van der Waals surface area (Å²) in [6, 6.07) is 17.0. The third-order valence-electron chi connectivity index (χ3n) is 5.58. The highest BCUT2D eigenvalue weighted by Crippen LogP contribution is 2.31. The molecule has 240 valence electrons. The Bertz CT molecular complexity index is 1980. The molecular weight excluding hydrogens is 695 g/mol. The Kier molecular flexibility index (Phi) is 12.6. The highest BCUT2D eigenvalue weighted by Gasteiger charge is 2.20. The van der Waals surface area contributed by atoms with Gasteiger partial charge in [0.2, 0.25) is 20.0 Å². The second-order valence-electron chi connectivity index (χ2n) is 8.99. The van der Waals surface area contributed by atoms with Crippen molar-refractivity contribution in [1.82, 2.24) is 0 Å². The smallest absolute Gasteiger partial charge is 0.294 e. The third kappa shape index (κ3) is 11.1. The number of nitrogens with two attached hydrogens (primary N) is 3. The zero-order valence-corrected chi connectivity index (χ0v) is 27.2. The summed E-state index contributed by atoms with van der Waals surface area (Å²) in [6.45, 7) is 3.78. The lowest BCUT2D eigenvalue weighted by Gasteiger charge is -2.09. The van der Waals surface area contributed by atoms with E-state index >= 15 is 0 Å². The summed E-state index contributed by atoms with van der Waals surface area (Å²) in [5.41, 5.74) is 7.88. The zero-order valence-electron chi connectivity index (χ0n) is 23.3. The number of anilines is 3. The van der Waals surface area contributed by atoms with Crippen LogP contribution in [-0.4, -0.2) is 26.7 Å². The van der Waals surface area contributed by atoms with E-state index in [0.717, 1.165) is 40.4 Å². The lowest BCUT2D eigenvalue weighted by Crippen LogP contribution is -2.12. The van der Waals surface area contributed by atoms with Crippen LogP contribution in [0.4, 0.5) is 28.4 Å². The van der Waals surface area contributed by atoms with Crippen molar-refractivity contribution in [3.05, 3.63) is 119 Å². The molecule has 0 aliphatic rings. The van der Waals surface area contributed by atoms with Crippen LogP contribution in [0.3, 0.4) is 0 Å². The van der Waals surface area contributed by atoms with Crippen molar-refractivity contribution in [3.8, 4) is 0 Å². The molecule has 7 N–H and O–H groups in total. The largest absolute Gasteiger partial charge is 0.399 e. The van der Waals surface area contributed by atoms with Gasteiger partial charge in [-0.2, -0.15) is 0 Å². The Morgan fingerprint density at radius 2 is 1.11 bits per heavy atom. The Morgan fingerprint density at radius 1 is 0.644 bits per heavy atom. The Morgan fingerprint density at radius 3 is 1.56 bits per heavy atom. The van der Waals surface area contributed by atoms with E-state index in [2.05, 4.69) is 5.32 Å². The number of sulfonamides is 2. The zero-order chi connectivity index (χ0) is 34.3. The lowest BCUT2D eigenvalue weighted by molar-refractivity contribution is -0.384. The molecule has 0 unspecified atom stereocenters. The number of nitrogen functional groups attached to an aromatic ring is 1. The van der Waals surface area contributed by atoms with Gasteiger partial charge in [0.05, 0.1) is 19.6 Å². The van der Waals surface area contributed by atoms with Gasteiger partial charge in [-0.3, -0.25) is 20.2 Å². The number of nitro benzene ring substituents is 2. The van der Waals surface area contributed by atoms with E-state index in [9.17, 15) is 37.1 Å². The van der Waals surface area contributed by atoms with Gasteiger partial charge in [-0.25, -0.2) is 27.1 Å². The van der Waals surface area contributed by atoms with Gasteiger partial charge >= 0.3 is 0 Å². The maximum Gasteiger partial charge on any atom is 0.294 e. The first-order chi connectivity index (χ1) is 20.7. The van der Waals surface area contributed by atoms with Crippen molar-refractivity contribution < 1.29 is 26.7 Å². The van der Waals surface area contributed by atoms with Crippen LogP contribution in [0, 0.1) is 34.1 Å². The molecule has 19 heteroatoms. The molecule has 0 amide bonds. The molecule has 0 atom stereocenters. The van der Waals surface area contributed by atoms with Gasteiger partial charge in [-0.15, -0.1) is 0 Å². The lowest BCUT2D eigenvalue weighted by atomic mass is 10.2. The van der Waals surface area contributed by atoms with E-state index in [1.807, 2.05) is 26.0 Å². The predicted molar refractivity (Wildman–Crippen MR) is 174 cm³/mol. The number of hydrogen-bond donors (Lipinski definition) is 4. The maximum absolute atomic E-state index is 11.3. The highest BCUT2D eigenvalue weighted by atomic mass is 35.5. The molecule has 4 aromatic carbocycles. The number of nitrogens with one attached hydrogen (secondary N) is 1. The van der Waals surface area contributed by atoms with Crippen molar-refractivity contribution >= 4 is 83.3 Å². The summed E-state index contributed by atoms with van der Waals surface area (Å²) < 4.78 is 44.2. The average molecular weight is 720 g/mol. The van der Waals surface area contributed by atoms with Gasteiger partial charge < -0.3 is 11.1 Å². The summed E-state index contributed by atoms with van der Waals surface area (Å²) in [5.74, 6) is 0. The first-order valence-electron chi connectivity index (χ1n) is 12.0. The standard InChI is InChI=1S/C13H12ClN3O4S.C7H8ClN.C6H5ClN2O4S/c1-8-2-3-9(6-11(8)14)16-12-5-4-10(22(15,20)21)7-13(12)17(18)19;1-5-2-3-6(9)4-7(5)8;7-5-2-1-4(14(8,12)13)3-6(5)9(10)11/h2-7,16H,1H3,(H2,15,20,21);2-4H,9H2,1H3;1-3H,(H2,8,12,13). The fourth-order valence-electron chi connectivity index (χ4n) is 3.19. The van der Waals surface area contributed by atoms with Crippen molar-refractivity contribution in [3.63, 3.8) is 0 Å². The Hall–Kier alpha value is -4.03. The molecule has 4 aromatic rings. The summed E-state index contributed by atoms with van der Waals surface area (Å²) >= 11 is 17.2. The van der Waals surface area contributed by atoms with Gasteiger partial charge in [-0.1, -0.05) is 46.9 Å². The monoisotopic (exact) mass is 718 g/mol. The van der Waals surface area contributed by atoms with Crippen LogP contribution in [0.5, 0.6) is 0 Å². The molecular formula is C26H25Cl3N6O8S2. The minimum Gasteiger partial charge on any atom is -0.399 e. The quantitative estimate of drug-likeness (QED) is 0.102. The molecule has 14 nitrogen and oxygen atoms in total. The number of halogens is 3. The molecule has 0 fully saturated rings. The number of benzene rings is 4. The number of nitro groups is 2. The van der Waals surface area contributed by atoms with E-state index in [0.29, 0.717) is 16.4 Å². The second-order valence-corrected chi connectivity index (χ2v) is 13.3. The number of aryl methyl sites for hydroxylation is 2. The van der Waals surface area contributed by atoms with Crippen LogP contribution in [0.2, 0.25) is 15.1 Å². The highest BCUT2D eigenvalue weighted by molar-refractivity contribution is 7.89. The predicted octanol–water partition coefficient (Wildman–Crippen LogP) is 6.07. The molecule has 0 bridgehead atoms. The molecule has 45 heavy (non-hydrogen) atoms. The molecule has 0 aliphatic carbocycles. The maximum atomic E-state index is 11.3. The van der Waals surface area contributed by atoms with Crippen LogP contribution >= 0.6 is 34.8 Å². The summed E-state index contributed by atoms with van der Waals surface area (Å²) in [6.07, 6.45) is 0. The normalized spacial score (nSPS) is 10.9. The van der Waals surface area contributed by atoms with Gasteiger partial charge in [-0.05, 0) is 73.5 Å². The molecule has 0 heterocycles. The second kappa shape index (κ2) is 15.3. The van der Waals surface area contributed by atoms with Crippen LogP contribution in [0.1, 0.15) is 11.1 Å². The van der Waals surface area contributed by atoms with Gasteiger partial charge in [0.25, 0.3) is 11.4 Å². The van der Waals surface area contributed by atoms with Gasteiger partial charge in [0.1, 0.15) is 10.7 Å². The summed E-state index contributed by atoms with van der Waals surface area (Å²) in [7, 11) is -7.95. The molecule has 0 saturated carbocycles. The number of primary sulfonamides is 2. The fourth-order valence-corrected chi connectivity index (χ4v) is 4.81. The topological polar surface area (TPSA) is 245 Å². The molecule has 0 aliphatic heterocycles. The van der Waals surface area contributed by atoms with E-state index in [4.69, 9.17) is 50.8 Å². The van der Waals surface area contributed by atoms with E-state index < -0.39 is 41.3 Å². The number of nitrogens with zero attached hydrogens (tertiary/aromatic N) is 2. The molecule has 0 radical (unpaired) electrons. The molecule has 0 spiro atoms. The molecule has 4 rings (SSSR count). The first-order valence-corrected chi connectivity index (χ1v) is 16.3. The minimum atomic E-state index is -4.01. The van der Waals surface area contributed by atoms with Crippen LogP contribution < -0.4 is 21.3 Å². The van der Waals surface area contributed by atoms with Crippen molar-refractivity contribution in [2.75, 3.05) is 11.1 Å². The van der Waals surface area contributed by atoms with E-state index in [1.165, 1.54) is 12.1 Å². The molecule has 0 aromatic heterocycles. The van der Waals surface area contributed by atoms with Crippen LogP contribution in [-0.2, 0) is 20.0 Å². The Balaban J connectivity index is 0.000000261. The third-order valence-corrected chi connectivity index (χ3v) is 8.54. The van der Waals surface area contributed by atoms with Gasteiger partial charge in [0.15, 0.2) is 0 Å². The minimum absolute atomic E-state index is 0.136. The van der Waals surface area contributed by atoms with E-state index in [-0.39, 0.29) is 20.5 Å². The first kappa shape index (κ1) is 37.2. The van der Waals surface area contributed by atoms with E-state index in [1.54, 1.807) is 24.3 Å². The van der Waals surface area contributed by atoms with Crippen molar-refractivity contribution in [2.24, 2.45) is 10.3 Å². The summed E-state index contributed by atoms with van der Waals surface area (Å²) in [5, 5.41) is 35.2. The van der Waals surface area contributed by atoms with Gasteiger partial charge in [0, 0.05) is 33.6 Å². The van der Waals surface area contributed by atoms with Crippen molar-refractivity contribution in [2.45, 2.75) is 23.6 Å². The van der Waals surface area contributed by atoms with Crippen LogP contribution in [0.15, 0.2) is 82.6 Å². The average Bonchev–Trinajstić information content (AvgIpc) is 2.92. The van der Waals surface area contributed by atoms with Crippen LogP contribution in [0.25, 0.3) is 0 Å². The SMILES string of the molecule is Cc1ccc(N)cc1Cl.Cc1ccc(Nc2ccc(S(N)(=O)=O)cc2[N+](=O)[O-])cc1Cl.NS(=O)(=O)c1ccc(Cl)c([N+](=O)[O-])c1.